The summed E-state index contributed by atoms with van der Waals surface area (Å²) in [6.07, 6.45) is 10.8. The molecule has 0 spiro atoms. The lowest BCUT2D eigenvalue weighted by molar-refractivity contribution is -0.248. The van der Waals surface area contributed by atoms with Crippen LogP contribution >= 0.6 is 11.3 Å². The van der Waals surface area contributed by atoms with Crippen LogP contribution in [0.25, 0.3) is 32.6 Å². The lowest BCUT2D eigenvalue weighted by atomic mass is 9.39. The number of imide groups is 1. The van der Waals surface area contributed by atoms with E-state index in [1.807, 2.05) is 60.1 Å². The molecule has 3 aromatic carbocycles. The average molecular weight is 1410 g/mol. The Morgan fingerprint density at radius 1 is 0.881 bits per heavy atom. The number of thiazole rings is 1. The summed E-state index contributed by atoms with van der Waals surface area (Å²) in [6, 6.07) is 21.1. The number of aliphatic hydroxyl groups is 1. The fraction of sp³-hybridized carbons (Fsp3) is 0.500. The van der Waals surface area contributed by atoms with Crippen molar-refractivity contribution in [1.29, 1.82) is 0 Å². The molecule has 3 aromatic heterocycles. The van der Waals surface area contributed by atoms with Crippen LogP contribution in [0.2, 0.25) is 0 Å². The molecule has 1 saturated heterocycles. The first-order chi connectivity index (χ1) is 48.5. The van der Waals surface area contributed by atoms with Crippen LogP contribution in [0.1, 0.15) is 132 Å². The Labute approximate surface area is 589 Å². The summed E-state index contributed by atoms with van der Waals surface area (Å²) in [6.45, 7) is 10.6. The Morgan fingerprint density at radius 2 is 1.67 bits per heavy atom. The normalized spacial score (nSPS) is 23.7. The second-order valence-corrected chi connectivity index (χ2v) is 29.7. The van der Waals surface area contributed by atoms with Gasteiger partial charge in [-0.25, -0.2) is 24.4 Å². The van der Waals surface area contributed by atoms with E-state index < -0.39 is 42.2 Å². The number of ether oxygens (including phenoxy) is 6. The zero-order chi connectivity index (χ0) is 71.2. The number of carboxylic acids is 1. The van der Waals surface area contributed by atoms with Crippen molar-refractivity contribution < 1.29 is 77.0 Å². The third-order valence-electron chi connectivity index (χ3n) is 20.1. The minimum atomic E-state index is -1.17. The van der Waals surface area contributed by atoms with Crippen molar-refractivity contribution in [2.24, 2.45) is 16.2 Å². The summed E-state index contributed by atoms with van der Waals surface area (Å²) in [5.74, 6) is -1.87. The SMILES string of the molecule is Cc1c(-c2ccc(-c3ccc4c(c3)N(C(=O)Nc3nc5ccccc5s3)CCC4)nc2C(=O)O)cnn1CC12CC3(C)CC(C)(C1)CC(OCCN(C)C(=O)OCc1ccc(OCCOCCNC(=O)[C@H](C)NC(=O)CCCCCN4C(=O)C=CC4=O)cc1O[C@H]1C[C@@H](O)C[C@@H](C=O)O1)(C3)C2. The highest BCUT2D eigenvalue weighted by Crippen LogP contribution is 2.72. The number of aldehydes is 1. The minimum absolute atomic E-state index is 0.0126. The van der Waals surface area contributed by atoms with Crippen molar-refractivity contribution in [2.75, 3.05) is 69.9 Å². The molecule has 101 heavy (non-hydrogen) atoms. The second-order valence-electron chi connectivity index (χ2n) is 28.7. The number of aromatic carboxylic acids is 1. The van der Waals surface area contributed by atoms with Crippen molar-refractivity contribution in [3.63, 3.8) is 0 Å². The third kappa shape index (κ3) is 16.9. The molecule has 5 fully saturated rings. The van der Waals surface area contributed by atoms with E-state index in [9.17, 15) is 48.6 Å². The van der Waals surface area contributed by atoms with Crippen molar-refractivity contribution >= 4 is 80.4 Å². The molecule has 6 heterocycles. The quantitative estimate of drug-likeness (QED) is 0.0159. The molecule has 2 unspecified atom stereocenters. The number of unbranched alkanes of at least 4 members (excludes halogenated alkanes) is 2. The van der Waals surface area contributed by atoms with E-state index in [1.54, 1.807) is 49.3 Å². The van der Waals surface area contributed by atoms with E-state index >= 15 is 0 Å². The summed E-state index contributed by atoms with van der Waals surface area (Å²) in [5.41, 5.74) is 5.38. The second kappa shape index (κ2) is 30.6. The maximum Gasteiger partial charge on any atom is 0.409 e. The number of nitrogens with zero attached hydrogens (tertiary/aromatic N) is 7. The van der Waals surface area contributed by atoms with Crippen LogP contribution in [0.4, 0.5) is 20.4 Å². The topological polar surface area (TPSA) is 322 Å². The van der Waals surface area contributed by atoms with Crippen LogP contribution in [-0.2, 0) is 62.5 Å². The first kappa shape index (κ1) is 71.7. The van der Waals surface area contributed by atoms with Crippen molar-refractivity contribution in [1.82, 2.24) is 40.2 Å². The van der Waals surface area contributed by atoms with E-state index in [0.29, 0.717) is 84.0 Å². The average Bonchev–Trinajstić information content (AvgIpc) is 0.912. The van der Waals surface area contributed by atoms with Crippen LogP contribution in [0, 0.1) is 23.2 Å². The standard InChI is InChI=1S/C74H88N10O16S/c1-46(77-61(87)15-7-6-10-25-83-62(88)22-23-63(83)89)66(90)75-24-28-95-30-31-96-52-19-18-50(59(35-52)100-64-34-51(86)33-53(37-85)99-64)38-97-70(94)81(5)27-29-98-74-42-71(3)39-72(4,43-74)41-73(40-71,44-74)45-84-47(2)55(36-76-84)54-20-21-56(78-65(54)67(91)92)49-17-16-48-12-11-26-82(58(48)32-49)69(93)80-68-79-57-13-8-9-14-60(57)101-68/h8-9,13-14,16-23,32,35-37,46,51,53,64,86H,6-7,10-12,15,24-31,33-34,38-45H2,1-5H3,(H,75,90)(H,77,87)(H,91,92)(H,79,80,93)/t46-,51-,53-,64-,71?,72?,73?,74?/m0/s1. The van der Waals surface area contributed by atoms with E-state index in [4.69, 9.17) is 38.5 Å². The molecule has 7 amide bonds. The van der Waals surface area contributed by atoms with Gasteiger partial charge in [-0.05, 0) is 142 Å². The summed E-state index contributed by atoms with van der Waals surface area (Å²) < 4.78 is 39.6. The predicted octanol–water partition coefficient (Wildman–Crippen LogP) is 9.56. The molecule has 0 radical (unpaired) electrons. The van der Waals surface area contributed by atoms with Crippen LogP contribution < -0.4 is 30.3 Å². The van der Waals surface area contributed by atoms with Gasteiger partial charge in [0.1, 0.15) is 43.1 Å². The van der Waals surface area contributed by atoms with Gasteiger partial charge in [0.2, 0.25) is 18.1 Å². The number of para-hydroxylation sites is 1. The van der Waals surface area contributed by atoms with E-state index in [2.05, 4.69) is 34.8 Å². The zero-order valence-electron chi connectivity index (χ0n) is 57.7. The van der Waals surface area contributed by atoms with E-state index in [-0.39, 0.29) is 123 Å². The number of aliphatic hydroxyl groups excluding tert-OH is 1. The number of urea groups is 1. The Morgan fingerprint density at radius 3 is 2.45 bits per heavy atom. The van der Waals surface area contributed by atoms with Gasteiger partial charge < -0.3 is 59.0 Å². The number of carbonyl (C=O) groups is 8. The number of aromatic nitrogens is 4. The predicted molar refractivity (Wildman–Crippen MR) is 373 cm³/mol. The summed E-state index contributed by atoms with van der Waals surface area (Å²) in [4.78, 5) is 115. The lowest BCUT2D eigenvalue weighted by Gasteiger charge is -2.69. The molecular formula is C74H88N10O16S. The summed E-state index contributed by atoms with van der Waals surface area (Å²) in [7, 11) is 1.66. The Bertz CT molecular complexity index is 4090. The molecule has 13 rings (SSSR count). The number of nitrogens with one attached hydrogen (secondary N) is 3. The Hall–Kier alpha value is -9.15. The Kier molecular flexibility index (Phi) is 21.7. The van der Waals surface area contributed by atoms with Gasteiger partial charge in [0.25, 0.3) is 11.8 Å². The smallest absolute Gasteiger partial charge is 0.409 e. The van der Waals surface area contributed by atoms with Gasteiger partial charge in [0.05, 0.1) is 53.6 Å². The number of amides is 7. The molecule has 4 saturated carbocycles. The fourth-order valence-electron chi connectivity index (χ4n) is 16.6. The number of likely N-dealkylation sites (N-methyl/N-ethyl adjacent to an activating group) is 1. The number of hydrogen-bond donors (Lipinski definition) is 5. The number of rotatable bonds is 30. The number of benzene rings is 3. The molecule has 7 aliphatic rings. The fourth-order valence-corrected chi connectivity index (χ4v) is 17.5. The van der Waals surface area contributed by atoms with Crippen LogP contribution in [0.5, 0.6) is 11.5 Å². The van der Waals surface area contributed by atoms with Gasteiger partial charge in [-0.3, -0.25) is 39.0 Å². The number of fused-ring (bicyclic) bond motifs is 2. The summed E-state index contributed by atoms with van der Waals surface area (Å²) >= 11 is 1.41. The third-order valence-corrected chi connectivity index (χ3v) is 21.1. The van der Waals surface area contributed by atoms with E-state index in [1.165, 1.54) is 28.4 Å². The van der Waals surface area contributed by atoms with E-state index in [0.717, 1.165) is 83.4 Å². The van der Waals surface area contributed by atoms with Gasteiger partial charge in [0.15, 0.2) is 10.8 Å². The number of carboxylic acid groups (broad SMARTS) is 1. The first-order valence-corrected chi connectivity index (χ1v) is 35.5. The molecule has 5 N–H and O–H groups in total. The number of aryl methyl sites for hydroxylation is 1. The highest BCUT2D eigenvalue weighted by molar-refractivity contribution is 7.22. The highest BCUT2D eigenvalue weighted by Gasteiger charge is 2.66. The molecule has 3 aliphatic heterocycles. The maximum atomic E-state index is 13.8. The molecule has 4 aliphatic carbocycles. The van der Waals surface area contributed by atoms with Crippen molar-refractivity contribution in [3.05, 3.63) is 114 Å². The molecule has 536 valence electrons. The molecule has 6 aromatic rings. The zero-order valence-corrected chi connectivity index (χ0v) is 58.5. The molecular weight excluding hydrogens is 1320 g/mol. The molecule has 6 atom stereocenters. The van der Waals surface area contributed by atoms with Gasteiger partial charge >= 0.3 is 18.1 Å². The maximum absolute atomic E-state index is 13.8. The number of carbonyl (C=O) groups excluding carboxylic acids is 7. The van der Waals surface area contributed by atoms with Crippen molar-refractivity contribution in [2.45, 2.75) is 161 Å². The number of hydrogen-bond acceptors (Lipinski definition) is 19. The van der Waals surface area contributed by atoms with Gasteiger partial charge in [-0.1, -0.05) is 55.9 Å². The van der Waals surface area contributed by atoms with Crippen LogP contribution in [0.15, 0.2) is 91.1 Å². The van der Waals surface area contributed by atoms with Crippen LogP contribution in [-0.4, -0.2) is 178 Å². The molecule has 4 bridgehead atoms. The Balaban J connectivity index is 0.624. The number of anilines is 2. The molecule has 27 heteroatoms. The minimum Gasteiger partial charge on any atom is -0.491 e. The van der Waals surface area contributed by atoms with Crippen LogP contribution in [0.3, 0.4) is 0 Å². The molecule has 26 nitrogen and oxygen atoms in total. The number of pyridine rings is 1. The van der Waals surface area contributed by atoms with Gasteiger partial charge in [-0.2, -0.15) is 5.10 Å². The first-order valence-electron chi connectivity index (χ1n) is 34.7. The summed E-state index contributed by atoms with van der Waals surface area (Å²) in [5, 5.41) is 35.2. The van der Waals surface area contributed by atoms with Gasteiger partial charge in [-0.15, -0.1) is 0 Å². The van der Waals surface area contributed by atoms with Gasteiger partial charge in [0, 0.05) is 111 Å². The monoisotopic (exact) mass is 1400 g/mol. The van der Waals surface area contributed by atoms with Crippen molar-refractivity contribution in [3.8, 4) is 33.9 Å². The highest BCUT2D eigenvalue weighted by atomic mass is 32.1. The largest absolute Gasteiger partial charge is 0.491 e. The lowest BCUT2D eigenvalue weighted by Crippen LogP contribution is -2.64.